The number of benzene rings is 5. The number of hydrogen-bond acceptors (Lipinski definition) is 4. The fraction of sp³-hybridized carbons (Fsp3) is 0. The zero-order valence-electron chi connectivity index (χ0n) is 18.8. The Kier molecular flexibility index (Phi) is 5.45. The minimum absolute atomic E-state index is 0.557. The quantitative estimate of drug-likeness (QED) is 0.263. The van der Waals surface area contributed by atoms with Gasteiger partial charge in [0.25, 0.3) is 0 Å². The van der Waals surface area contributed by atoms with Gasteiger partial charge in [0, 0.05) is 33.9 Å². The van der Waals surface area contributed by atoms with Gasteiger partial charge in [-0.25, -0.2) is 0 Å². The van der Waals surface area contributed by atoms with Crippen LogP contribution in [0.15, 0.2) is 126 Å². The van der Waals surface area contributed by atoms with Crippen molar-refractivity contribution in [1.82, 2.24) is 0 Å². The first-order chi connectivity index (χ1) is 17.3. The minimum Gasteiger partial charge on any atom is -0.537 e. The molecule has 1 radical (unpaired) electrons. The molecule has 0 unspecified atom stereocenters. The molecule has 0 spiro atoms. The fourth-order valence-corrected chi connectivity index (χ4v) is 4.49. The molecule has 0 aliphatic heterocycles. The Hall–Kier alpha value is -4.48. The van der Waals surface area contributed by atoms with Crippen LogP contribution in [0.2, 0.25) is 0 Å². The number of fused-ring (bicyclic) bond motifs is 3. The van der Waals surface area contributed by atoms with Crippen molar-refractivity contribution in [2.75, 3.05) is 4.90 Å². The van der Waals surface area contributed by atoms with E-state index >= 15 is 0 Å². The summed E-state index contributed by atoms with van der Waals surface area (Å²) in [6.45, 7) is 0. The standard InChI is InChI=1S/C30H21BNO3/c33-31-35-26-16-13-23(14-17-26)32(24-10-6-9-22(19-24)21-7-2-1-3-8-21)25-15-18-28-27-11-4-5-12-29(27)34-30(28)20-25/h1-20,33H. The van der Waals surface area contributed by atoms with Crippen molar-refractivity contribution in [2.45, 2.75) is 0 Å². The fourth-order valence-electron chi connectivity index (χ4n) is 4.49. The molecule has 6 aromatic rings. The Morgan fingerprint density at radius 1 is 0.571 bits per heavy atom. The van der Waals surface area contributed by atoms with Crippen molar-refractivity contribution in [1.29, 1.82) is 0 Å². The van der Waals surface area contributed by atoms with Gasteiger partial charge in [0.2, 0.25) is 0 Å². The van der Waals surface area contributed by atoms with Crippen LogP contribution in [0, 0.1) is 0 Å². The first kappa shape index (κ1) is 21.1. The lowest BCUT2D eigenvalue weighted by Crippen LogP contribution is -2.10. The maximum atomic E-state index is 8.99. The summed E-state index contributed by atoms with van der Waals surface area (Å²) in [6.07, 6.45) is 0. The lowest BCUT2D eigenvalue weighted by molar-refractivity contribution is 0.454. The number of rotatable bonds is 6. The molecule has 5 heteroatoms. The average molecular weight is 454 g/mol. The molecule has 0 aliphatic carbocycles. The first-order valence-electron chi connectivity index (χ1n) is 11.4. The predicted molar refractivity (Wildman–Crippen MR) is 142 cm³/mol. The topological polar surface area (TPSA) is 45.8 Å². The average Bonchev–Trinajstić information content (AvgIpc) is 3.29. The summed E-state index contributed by atoms with van der Waals surface area (Å²) in [5.74, 6) is 0.557. The molecule has 1 N–H and O–H groups in total. The highest BCUT2D eigenvalue weighted by molar-refractivity contribution is 6.17. The van der Waals surface area contributed by atoms with E-state index in [0.29, 0.717) is 13.4 Å². The van der Waals surface area contributed by atoms with E-state index in [1.807, 2.05) is 60.7 Å². The van der Waals surface area contributed by atoms with Crippen LogP contribution < -0.4 is 9.55 Å². The van der Waals surface area contributed by atoms with Gasteiger partial charge in [-0.3, -0.25) is 0 Å². The van der Waals surface area contributed by atoms with Gasteiger partial charge in [0.05, 0.1) is 0 Å². The van der Waals surface area contributed by atoms with Crippen LogP contribution in [0.1, 0.15) is 0 Å². The van der Waals surface area contributed by atoms with E-state index in [2.05, 4.69) is 65.6 Å². The molecule has 1 heterocycles. The third-order valence-electron chi connectivity index (χ3n) is 6.12. The molecule has 5 aromatic carbocycles. The molecule has 0 aliphatic rings. The van der Waals surface area contributed by atoms with Gasteiger partial charge < -0.3 is 19.0 Å². The summed E-state index contributed by atoms with van der Waals surface area (Å²) in [4.78, 5) is 2.19. The lowest BCUT2D eigenvalue weighted by Gasteiger charge is -2.26. The van der Waals surface area contributed by atoms with Gasteiger partial charge in [-0.15, -0.1) is 0 Å². The van der Waals surface area contributed by atoms with Gasteiger partial charge in [-0.1, -0.05) is 60.7 Å². The predicted octanol–water partition coefficient (Wildman–Crippen LogP) is 7.63. The maximum Gasteiger partial charge on any atom is 0.569 e. The van der Waals surface area contributed by atoms with Crippen molar-refractivity contribution in [3.05, 3.63) is 121 Å². The van der Waals surface area contributed by atoms with Crippen molar-refractivity contribution in [2.24, 2.45) is 0 Å². The van der Waals surface area contributed by atoms with E-state index in [9.17, 15) is 0 Å². The van der Waals surface area contributed by atoms with Gasteiger partial charge in [0.15, 0.2) is 0 Å². The molecule has 0 atom stereocenters. The number of nitrogens with zero attached hydrogens (tertiary/aromatic N) is 1. The van der Waals surface area contributed by atoms with E-state index in [0.717, 1.165) is 50.1 Å². The summed E-state index contributed by atoms with van der Waals surface area (Å²) in [5.41, 5.74) is 6.95. The second kappa shape index (κ2) is 9.05. The SMILES string of the molecule is O[B]Oc1ccc(N(c2cccc(-c3ccccc3)c2)c2ccc3c(c2)oc2ccccc23)cc1. The number of hydrogen-bond donors (Lipinski definition) is 1. The zero-order chi connectivity index (χ0) is 23.6. The second-order valence-electron chi connectivity index (χ2n) is 8.25. The highest BCUT2D eigenvalue weighted by Gasteiger charge is 2.16. The van der Waals surface area contributed by atoms with Crippen LogP contribution in [0.5, 0.6) is 5.75 Å². The molecule has 167 valence electrons. The Morgan fingerprint density at radius 3 is 2.09 bits per heavy atom. The van der Waals surface area contributed by atoms with Crippen molar-refractivity contribution >= 4 is 46.7 Å². The molecular formula is C30H21BNO3. The molecule has 0 saturated heterocycles. The highest BCUT2D eigenvalue weighted by Crippen LogP contribution is 2.39. The lowest BCUT2D eigenvalue weighted by atomic mass is 10.0. The van der Waals surface area contributed by atoms with Gasteiger partial charge >= 0.3 is 7.69 Å². The summed E-state index contributed by atoms with van der Waals surface area (Å²) in [6, 6.07) is 40.8. The molecule has 0 fully saturated rings. The Bertz CT molecular complexity index is 1610. The van der Waals surface area contributed by atoms with Crippen LogP contribution >= 0.6 is 0 Å². The minimum atomic E-state index is 0.557. The first-order valence-corrected chi connectivity index (χ1v) is 11.4. The Labute approximate surface area is 203 Å². The Balaban J connectivity index is 1.50. The third kappa shape index (κ3) is 4.03. The van der Waals surface area contributed by atoms with E-state index < -0.39 is 0 Å². The molecule has 0 bridgehead atoms. The van der Waals surface area contributed by atoms with Crippen LogP contribution in [-0.4, -0.2) is 12.7 Å². The smallest absolute Gasteiger partial charge is 0.537 e. The van der Waals surface area contributed by atoms with Gasteiger partial charge in [-0.05, 0) is 65.7 Å². The van der Waals surface area contributed by atoms with Crippen LogP contribution in [0.3, 0.4) is 0 Å². The van der Waals surface area contributed by atoms with Crippen LogP contribution in [0.4, 0.5) is 17.1 Å². The summed E-state index contributed by atoms with van der Waals surface area (Å²) >= 11 is 0. The molecule has 0 amide bonds. The third-order valence-corrected chi connectivity index (χ3v) is 6.12. The maximum absolute atomic E-state index is 8.99. The van der Waals surface area contributed by atoms with Crippen LogP contribution in [0.25, 0.3) is 33.1 Å². The number of furan rings is 1. The van der Waals surface area contributed by atoms with Crippen LogP contribution in [-0.2, 0) is 0 Å². The highest BCUT2D eigenvalue weighted by atomic mass is 16.5. The monoisotopic (exact) mass is 454 g/mol. The van der Waals surface area contributed by atoms with Gasteiger partial charge in [0.1, 0.15) is 16.9 Å². The van der Waals surface area contributed by atoms with E-state index in [4.69, 9.17) is 14.1 Å². The molecule has 0 saturated carbocycles. The summed E-state index contributed by atoms with van der Waals surface area (Å²) in [7, 11) is 0.686. The van der Waals surface area contributed by atoms with E-state index in [1.54, 1.807) is 0 Å². The number of anilines is 3. The van der Waals surface area contributed by atoms with Gasteiger partial charge in [-0.2, -0.15) is 0 Å². The summed E-state index contributed by atoms with van der Waals surface area (Å²) < 4.78 is 11.3. The molecule has 6 rings (SSSR count). The second-order valence-corrected chi connectivity index (χ2v) is 8.25. The van der Waals surface area contributed by atoms with E-state index in [1.165, 1.54) is 0 Å². The molecular weight excluding hydrogens is 433 g/mol. The molecule has 1 aromatic heterocycles. The molecule has 4 nitrogen and oxygen atoms in total. The van der Waals surface area contributed by atoms with E-state index in [-0.39, 0.29) is 0 Å². The normalized spacial score (nSPS) is 11.0. The molecule has 35 heavy (non-hydrogen) atoms. The van der Waals surface area contributed by atoms with Crippen molar-refractivity contribution < 1.29 is 14.1 Å². The largest absolute Gasteiger partial charge is 0.569 e. The zero-order valence-corrected chi connectivity index (χ0v) is 18.8. The summed E-state index contributed by atoms with van der Waals surface area (Å²) in [5, 5.41) is 11.2. The number of para-hydroxylation sites is 1. The Morgan fingerprint density at radius 2 is 1.26 bits per heavy atom. The van der Waals surface area contributed by atoms with Crippen molar-refractivity contribution in [3.8, 4) is 16.9 Å². The van der Waals surface area contributed by atoms with Crippen molar-refractivity contribution in [3.63, 3.8) is 0 Å².